The second kappa shape index (κ2) is 7.95. The number of nitrogens with zero attached hydrogens (tertiary/aromatic N) is 5. The Morgan fingerprint density at radius 3 is 2.57 bits per heavy atom. The van der Waals surface area contributed by atoms with Crippen LogP contribution in [0.4, 0.5) is 5.95 Å². The first kappa shape index (κ1) is 15.7. The standard InChI is InChI=1S/C14H21ClN6/c1-3-20(4-2)11-5-10-16-14-17-18-19-21(14)13-8-6-12(15)7-9-13/h6-9H,3-5,10-11H2,1-2H3,(H,16,17,19). The van der Waals surface area contributed by atoms with Gasteiger partial charge in [-0.25, -0.2) is 0 Å². The highest BCUT2D eigenvalue weighted by Crippen LogP contribution is 2.15. The van der Waals surface area contributed by atoms with Gasteiger partial charge in [-0.1, -0.05) is 30.5 Å². The van der Waals surface area contributed by atoms with Gasteiger partial charge in [-0.3, -0.25) is 0 Å². The Bertz CT molecular complexity index is 535. The van der Waals surface area contributed by atoms with Crippen LogP contribution < -0.4 is 5.32 Å². The highest BCUT2D eigenvalue weighted by Gasteiger charge is 2.07. The van der Waals surface area contributed by atoms with E-state index in [9.17, 15) is 0 Å². The Kier molecular flexibility index (Phi) is 5.95. The summed E-state index contributed by atoms with van der Waals surface area (Å²) in [7, 11) is 0. The second-order valence-corrected chi connectivity index (χ2v) is 5.13. The lowest BCUT2D eigenvalue weighted by Gasteiger charge is -2.17. The lowest BCUT2D eigenvalue weighted by Crippen LogP contribution is -2.25. The summed E-state index contributed by atoms with van der Waals surface area (Å²) in [6, 6.07) is 7.42. The van der Waals surface area contributed by atoms with E-state index in [-0.39, 0.29) is 0 Å². The Labute approximate surface area is 130 Å². The molecule has 1 heterocycles. The fraction of sp³-hybridized carbons (Fsp3) is 0.500. The first-order chi connectivity index (χ1) is 10.2. The molecule has 2 rings (SSSR count). The first-order valence-corrected chi connectivity index (χ1v) is 7.63. The zero-order valence-corrected chi connectivity index (χ0v) is 13.2. The fourth-order valence-corrected chi connectivity index (χ4v) is 2.22. The molecule has 0 bridgehead atoms. The molecule has 0 spiro atoms. The number of hydrogen-bond acceptors (Lipinski definition) is 5. The molecular formula is C14H21ClN6. The van der Waals surface area contributed by atoms with Gasteiger partial charge in [0.1, 0.15) is 0 Å². The molecule has 0 amide bonds. The second-order valence-electron chi connectivity index (χ2n) is 4.70. The minimum Gasteiger partial charge on any atom is -0.353 e. The van der Waals surface area contributed by atoms with Crippen molar-refractivity contribution < 1.29 is 0 Å². The van der Waals surface area contributed by atoms with Gasteiger partial charge in [-0.2, -0.15) is 4.68 Å². The van der Waals surface area contributed by atoms with Gasteiger partial charge in [0.05, 0.1) is 5.69 Å². The van der Waals surface area contributed by atoms with Gasteiger partial charge >= 0.3 is 0 Å². The van der Waals surface area contributed by atoms with E-state index in [0.717, 1.165) is 38.3 Å². The van der Waals surface area contributed by atoms with Crippen LogP contribution in [0.25, 0.3) is 5.69 Å². The Morgan fingerprint density at radius 2 is 1.90 bits per heavy atom. The zero-order chi connectivity index (χ0) is 15.1. The van der Waals surface area contributed by atoms with Gasteiger partial charge in [0.2, 0.25) is 5.95 Å². The van der Waals surface area contributed by atoms with Crippen molar-refractivity contribution in [3.63, 3.8) is 0 Å². The van der Waals surface area contributed by atoms with E-state index in [1.54, 1.807) is 4.68 Å². The van der Waals surface area contributed by atoms with Crippen molar-refractivity contribution in [3.05, 3.63) is 29.3 Å². The van der Waals surface area contributed by atoms with E-state index >= 15 is 0 Å². The third kappa shape index (κ3) is 4.41. The maximum absolute atomic E-state index is 5.89. The predicted octanol–water partition coefficient (Wildman–Crippen LogP) is 2.46. The van der Waals surface area contributed by atoms with Crippen LogP contribution in [0.1, 0.15) is 20.3 Å². The average Bonchev–Trinajstić information content (AvgIpc) is 2.97. The van der Waals surface area contributed by atoms with Crippen LogP contribution in [0.2, 0.25) is 5.02 Å². The van der Waals surface area contributed by atoms with Crippen LogP contribution in [0, 0.1) is 0 Å². The number of hydrogen-bond donors (Lipinski definition) is 1. The smallest absolute Gasteiger partial charge is 0.247 e. The molecular weight excluding hydrogens is 288 g/mol. The van der Waals surface area contributed by atoms with Crippen LogP contribution in [0.5, 0.6) is 0 Å². The summed E-state index contributed by atoms with van der Waals surface area (Å²) < 4.78 is 1.67. The van der Waals surface area contributed by atoms with Gasteiger partial charge in [0.15, 0.2) is 0 Å². The molecule has 2 aromatic rings. The molecule has 21 heavy (non-hydrogen) atoms. The number of tetrazole rings is 1. The van der Waals surface area contributed by atoms with E-state index in [4.69, 9.17) is 11.6 Å². The molecule has 0 atom stereocenters. The summed E-state index contributed by atoms with van der Waals surface area (Å²) in [6.45, 7) is 8.43. The predicted molar refractivity (Wildman–Crippen MR) is 85.1 cm³/mol. The molecule has 6 nitrogen and oxygen atoms in total. The van der Waals surface area contributed by atoms with Gasteiger partial charge < -0.3 is 10.2 Å². The first-order valence-electron chi connectivity index (χ1n) is 7.25. The van der Waals surface area contributed by atoms with Crippen molar-refractivity contribution in [1.82, 2.24) is 25.1 Å². The van der Waals surface area contributed by atoms with Crippen molar-refractivity contribution >= 4 is 17.5 Å². The largest absolute Gasteiger partial charge is 0.353 e. The van der Waals surface area contributed by atoms with Gasteiger partial charge in [-0.05, 0) is 60.7 Å². The topological polar surface area (TPSA) is 58.9 Å². The van der Waals surface area contributed by atoms with E-state index in [1.807, 2.05) is 24.3 Å². The lowest BCUT2D eigenvalue weighted by atomic mass is 10.3. The molecule has 1 aromatic carbocycles. The molecule has 0 radical (unpaired) electrons. The molecule has 7 heteroatoms. The summed E-state index contributed by atoms with van der Waals surface area (Å²) in [5, 5.41) is 15.7. The van der Waals surface area contributed by atoms with Gasteiger partial charge in [-0.15, -0.1) is 0 Å². The highest BCUT2D eigenvalue weighted by atomic mass is 35.5. The molecule has 0 saturated carbocycles. The van der Waals surface area contributed by atoms with Crippen LogP contribution in [-0.4, -0.2) is 51.3 Å². The molecule has 114 valence electrons. The number of anilines is 1. The number of benzene rings is 1. The van der Waals surface area contributed by atoms with E-state index < -0.39 is 0 Å². The van der Waals surface area contributed by atoms with Crippen molar-refractivity contribution in [2.75, 3.05) is 31.5 Å². The Morgan fingerprint density at radius 1 is 1.19 bits per heavy atom. The monoisotopic (exact) mass is 308 g/mol. The quantitative estimate of drug-likeness (QED) is 0.759. The fourth-order valence-electron chi connectivity index (χ4n) is 2.10. The van der Waals surface area contributed by atoms with Crippen molar-refractivity contribution in [2.24, 2.45) is 0 Å². The SMILES string of the molecule is CCN(CC)CCCNc1nnnn1-c1ccc(Cl)cc1. The molecule has 0 aliphatic heterocycles. The maximum Gasteiger partial charge on any atom is 0.247 e. The molecule has 0 aliphatic carbocycles. The Hall–Kier alpha value is -1.66. The van der Waals surface area contributed by atoms with Crippen molar-refractivity contribution in [2.45, 2.75) is 20.3 Å². The van der Waals surface area contributed by atoms with Crippen LogP contribution >= 0.6 is 11.6 Å². The van der Waals surface area contributed by atoms with E-state index in [2.05, 4.69) is 39.6 Å². The summed E-state index contributed by atoms with van der Waals surface area (Å²) >= 11 is 5.89. The van der Waals surface area contributed by atoms with Crippen LogP contribution in [0.15, 0.2) is 24.3 Å². The van der Waals surface area contributed by atoms with Crippen molar-refractivity contribution in [1.29, 1.82) is 0 Å². The summed E-state index contributed by atoms with van der Waals surface area (Å²) in [4.78, 5) is 2.39. The third-order valence-electron chi connectivity index (χ3n) is 3.37. The normalized spacial score (nSPS) is 11.0. The van der Waals surface area contributed by atoms with E-state index in [1.165, 1.54) is 0 Å². The number of halogens is 1. The van der Waals surface area contributed by atoms with Crippen LogP contribution in [-0.2, 0) is 0 Å². The molecule has 0 aliphatic rings. The summed E-state index contributed by atoms with van der Waals surface area (Å²) in [6.07, 6.45) is 1.05. The van der Waals surface area contributed by atoms with Crippen LogP contribution in [0.3, 0.4) is 0 Å². The molecule has 1 aromatic heterocycles. The molecule has 0 fully saturated rings. The highest BCUT2D eigenvalue weighted by molar-refractivity contribution is 6.30. The summed E-state index contributed by atoms with van der Waals surface area (Å²) in [5.41, 5.74) is 0.885. The lowest BCUT2D eigenvalue weighted by molar-refractivity contribution is 0.303. The number of rotatable bonds is 8. The van der Waals surface area contributed by atoms with Gasteiger partial charge in [0.25, 0.3) is 0 Å². The summed E-state index contributed by atoms with van der Waals surface area (Å²) in [5.74, 6) is 0.650. The number of nitrogens with one attached hydrogen (secondary N) is 1. The third-order valence-corrected chi connectivity index (χ3v) is 3.62. The molecule has 0 unspecified atom stereocenters. The van der Waals surface area contributed by atoms with E-state index in [0.29, 0.717) is 11.0 Å². The molecule has 0 saturated heterocycles. The zero-order valence-electron chi connectivity index (χ0n) is 12.5. The average molecular weight is 309 g/mol. The van der Waals surface area contributed by atoms with Crippen molar-refractivity contribution in [3.8, 4) is 5.69 Å². The van der Waals surface area contributed by atoms with Gasteiger partial charge in [0, 0.05) is 11.6 Å². The number of aromatic nitrogens is 4. The maximum atomic E-state index is 5.89. The molecule has 1 N–H and O–H groups in total. The minimum absolute atomic E-state index is 0.650. The minimum atomic E-state index is 0.650. The Balaban J connectivity index is 1.90.